The number of carbonyl (C=O) groups excluding carboxylic acids is 1. The molecule has 326 valence electrons. The summed E-state index contributed by atoms with van der Waals surface area (Å²) in [4.78, 5) is 23.5. The van der Waals surface area contributed by atoms with Crippen LogP contribution in [0.25, 0.3) is 0 Å². The van der Waals surface area contributed by atoms with Crippen molar-refractivity contribution in [1.29, 1.82) is 0 Å². The normalized spacial score (nSPS) is 29.5. The standard InChI is InChI=1S/C38H54O20/c1-38(51,12-28(42)43)13-29(44)54-17-27-31(46)33(48)35(50)37(58-27)56-16-21(9-19-5-7-23(41)25(11-19)53-3)20(8-18-4-6-22(40)24(10-18)52-2)15-55-36-34(49)32(47)30(45)26(14-39)57-36/h4-7,10-11,20-21,26-27,30-37,39-41,45-51H,8-9,12-17H2,1-3H3,(H,42,43)/t20-,21-,26-,27-,30-,31-,32+,33+,34-,35-,36-,37-,38-/m1/s1. The van der Waals surface area contributed by atoms with Crippen molar-refractivity contribution in [2.75, 3.05) is 40.6 Å². The largest absolute Gasteiger partial charge is 0.504 e. The number of carbonyl (C=O) groups is 2. The quantitative estimate of drug-likeness (QED) is 0.0639. The first-order chi connectivity index (χ1) is 27.4. The smallest absolute Gasteiger partial charge is 0.308 e. The number of phenolic OH excluding ortho intramolecular Hbond substituents is 2. The zero-order chi connectivity index (χ0) is 42.9. The number of carboxylic acid groups (broad SMARTS) is 1. The molecule has 58 heavy (non-hydrogen) atoms. The number of esters is 1. The number of aliphatic hydroxyl groups is 8. The minimum absolute atomic E-state index is 0.133. The highest BCUT2D eigenvalue weighted by molar-refractivity contribution is 5.73. The van der Waals surface area contributed by atoms with Crippen LogP contribution in [0, 0.1) is 11.8 Å². The molecule has 20 nitrogen and oxygen atoms in total. The van der Waals surface area contributed by atoms with E-state index >= 15 is 0 Å². The molecule has 2 aromatic carbocycles. The molecule has 20 heteroatoms. The fraction of sp³-hybridized carbons (Fsp3) is 0.632. The van der Waals surface area contributed by atoms with Gasteiger partial charge in [0.05, 0.1) is 52.5 Å². The Balaban J connectivity index is 1.62. The van der Waals surface area contributed by atoms with E-state index in [1.54, 1.807) is 24.3 Å². The van der Waals surface area contributed by atoms with Crippen molar-refractivity contribution < 1.29 is 98.9 Å². The number of methoxy groups -OCH3 is 2. The molecule has 0 aromatic heterocycles. The molecule has 2 fully saturated rings. The molecular weight excluding hydrogens is 776 g/mol. The molecule has 2 saturated heterocycles. The molecule has 11 N–H and O–H groups in total. The Morgan fingerprint density at radius 3 is 1.59 bits per heavy atom. The third-order valence-corrected chi connectivity index (χ3v) is 10.1. The molecule has 0 amide bonds. The lowest BCUT2D eigenvalue weighted by Gasteiger charge is -2.41. The number of aliphatic hydroxyl groups excluding tert-OH is 7. The summed E-state index contributed by atoms with van der Waals surface area (Å²) in [5.74, 6) is -3.65. The monoisotopic (exact) mass is 830 g/mol. The van der Waals surface area contributed by atoms with Gasteiger partial charge in [0.15, 0.2) is 35.6 Å². The van der Waals surface area contributed by atoms with E-state index in [9.17, 15) is 60.7 Å². The van der Waals surface area contributed by atoms with E-state index in [-0.39, 0.29) is 49.1 Å². The van der Waals surface area contributed by atoms with Crippen molar-refractivity contribution >= 4 is 11.9 Å². The molecule has 2 heterocycles. The average molecular weight is 831 g/mol. The molecule has 0 spiro atoms. The fourth-order valence-electron chi connectivity index (χ4n) is 6.79. The number of benzene rings is 2. The molecule has 13 atom stereocenters. The maximum atomic E-state index is 12.4. The van der Waals surface area contributed by atoms with Crippen LogP contribution in [-0.4, -0.2) is 176 Å². The maximum absolute atomic E-state index is 12.4. The second-order valence-electron chi connectivity index (χ2n) is 14.7. The molecule has 0 unspecified atom stereocenters. The van der Waals surface area contributed by atoms with Gasteiger partial charge in [0.2, 0.25) is 0 Å². The zero-order valence-electron chi connectivity index (χ0n) is 32.1. The van der Waals surface area contributed by atoms with Crippen LogP contribution < -0.4 is 9.47 Å². The van der Waals surface area contributed by atoms with Gasteiger partial charge in [-0.1, -0.05) is 12.1 Å². The van der Waals surface area contributed by atoms with Crippen molar-refractivity contribution in [2.45, 2.75) is 99.6 Å². The number of rotatable bonds is 20. The predicted molar refractivity (Wildman–Crippen MR) is 195 cm³/mol. The number of hydrogen-bond donors (Lipinski definition) is 11. The van der Waals surface area contributed by atoms with Crippen LogP contribution in [0.5, 0.6) is 23.0 Å². The molecule has 0 radical (unpaired) electrons. The SMILES string of the molecule is COc1cc(C[C@H](CO[C@@H]2O[C@H](CO)[C@@H](O)[C@H](O)[C@H]2O)[C@@H](CO[C@@H]2O[C@H](COC(=O)C[C@](C)(O)CC(=O)O)[C@@H](O)[C@H](O)[C@H]2O)Cc2ccc(O)c(OC)c2)ccc1O. The Hall–Kier alpha value is -3.90. The van der Waals surface area contributed by atoms with Crippen molar-refractivity contribution in [3.05, 3.63) is 47.5 Å². The predicted octanol–water partition coefficient (Wildman–Crippen LogP) is -2.07. The molecule has 0 aliphatic carbocycles. The molecule has 2 aliphatic rings. The second kappa shape index (κ2) is 20.9. The Morgan fingerprint density at radius 1 is 0.707 bits per heavy atom. The summed E-state index contributed by atoms with van der Waals surface area (Å²) < 4.78 is 39.1. The van der Waals surface area contributed by atoms with E-state index in [1.807, 2.05) is 0 Å². The van der Waals surface area contributed by atoms with Crippen molar-refractivity contribution in [1.82, 2.24) is 0 Å². The van der Waals surface area contributed by atoms with Gasteiger partial charge in [0.1, 0.15) is 55.4 Å². The molecule has 2 aliphatic heterocycles. The lowest BCUT2D eigenvalue weighted by atomic mass is 9.83. The Bertz CT molecular complexity index is 1640. The number of hydrogen-bond acceptors (Lipinski definition) is 19. The summed E-state index contributed by atoms with van der Waals surface area (Å²) in [5.41, 5.74) is -0.697. The molecular formula is C38H54O20. The van der Waals surface area contributed by atoms with Gasteiger partial charge >= 0.3 is 11.9 Å². The van der Waals surface area contributed by atoms with E-state index in [0.29, 0.717) is 11.1 Å². The first-order valence-electron chi connectivity index (χ1n) is 18.4. The van der Waals surface area contributed by atoms with Crippen LogP contribution in [0.2, 0.25) is 0 Å². The van der Waals surface area contributed by atoms with Crippen LogP contribution in [0.3, 0.4) is 0 Å². The highest BCUT2D eigenvalue weighted by Crippen LogP contribution is 2.34. The van der Waals surface area contributed by atoms with Gasteiger partial charge < -0.3 is 89.3 Å². The van der Waals surface area contributed by atoms with Crippen molar-refractivity contribution in [2.24, 2.45) is 11.8 Å². The Kier molecular flexibility index (Phi) is 16.8. The first kappa shape index (κ1) is 46.8. The van der Waals surface area contributed by atoms with Crippen molar-refractivity contribution in [3.8, 4) is 23.0 Å². The van der Waals surface area contributed by atoms with Gasteiger partial charge in [-0.3, -0.25) is 9.59 Å². The average Bonchev–Trinajstić information content (AvgIpc) is 3.17. The summed E-state index contributed by atoms with van der Waals surface area (Å²) in [6.45, 7) is -0.771. The van der Waals surface area contributed by atoms with Gasteiger partial charge in [-0.15, -0.1) is 0 Å². The van der Waals surface area contributed by atoms with Crippen LogP contribution in [0.1, 0.15) is 30.9 Å². The van der Waals surface area contributed by atoms with E-state index in [4.69, 9.17) is 38.3 Å². The van der Waals surface area contributed by atoms with Gasteiger partial charge in [-0.2, -0.15) is 0 Å². The third kappa shape index (κ3) is 12.3. The summed E-state index contributed by atoms with van der Waals surface area (Å²) >= 11 is 0. The van der Waals surface area contributed by atoms with E-state index in [2.05, 4.69) is 0 Å². The second-order valence-corrected chi connectivity index (χ2v) is 14.7. The minimum Gasteiger partial charge on any atom is -0.504 e. The molecule has 0 bridgehead atoms. The number of carboxylic acids is 1. The van der Waals surface area contributed by atoms with Crippen LogP contribution in [-0.2, 0) is 46.1 Å². The summed E-state index contributed by atoms with van der Waals surface area (Å²) in [6.07, 6.45) is -17.5. The fourth-order valence-corrected chi connectivity index (χ4v) is 6.79. The maximum Gasteiger partial charge on any atom is 0.308 e. The van der Waals surface area contributed by atoms with Gasteiger partial charge in [0.25, 0.3) is 0 Å². The number of ether oxygens (including phenoxy) is 7. The van der Waals surface area contributed by atoms with Crippen LogP contribution >= 0.6 is 0 Å². The molecule has 4 rings (SSSR count). The highest BCUT2D eigenvalue weighted by Gasteiger charge is 2.46. The Labute approximate surface area is 333 Å². The number of phenols is 2. The van der Waals surface area contributed by atoms with Crippen LogP contribution in [0.4, 0.5) is 0 Å². The Morgan fingerprint density at radius 2 is 1.16 bits per heavy atom. The van der Waals surface area contributed by atoms with Crippen LogP contribution in [0.15, 0.2) is 36.4 Å². The van der Waals surface area contributed by atoms with Crippen molar-refractivity contribution in [3.63, 3.8) is 0 Å². The van der Waals surface area contributed by atoms with E-state index in [0.717, 1.165) is 6.92 Å². The zero-order valence-corrected chi connectivity index (χ0v) is 32.1. The van der Waals surface area contributed by atoms with E-state index < -0.39 is 117 Å². The summed E-state index contributed by atoms with van der Waals surface area (Å²) in [7, 11) is 2.73. The molecule has 0 saturated carbocycles. The lowest BCUT2D eigenvalue weighted by Crippen LogP contribution is -2.59. The van der Waals surface area contributed by atoms with E-state index in [1.165, 1.54) is 26.4 Å². The van der Waals surface area contributed by atoms with Gasteiger partial charge in [-0.25, -0.2) is 0 Å². The van der Waals surface area contributed by atoms with Gasteiger partial charge in [0, 0.05) is 0 Å². The highest BCUT2D eigenvalue weighted by atomic mass is 16.7. The minimum atomic E-state index is -1.94. The first-order valence-corrected chi connectivity index (χ1v) is 18.4. The summed E-state index contributed by atoms with van der Waals surface area (Å²) in [6, 6.07) is 9.23. The van der Waals surface area contributed by atoms with Gasteiger partial charge in [-0.05, 0) is 67.0 Å². The number of aromatic hydroxyl groups is 2. The lowest BCUT2D eigenvalue weighted by molar-refractivity contribution is -0.309. The summed E-state index contributed by atoms with van der Waals surface area (Å²) in [5, 5.41) is 113. The topological polar surface area (TPSA) is 321 Å². The molecule has 2 aromatic rings. The third-order valence-electron chi connectivity index (χ3n) is 10.1. The number of aliphatic carboxylic acids is 1.